The summed E-state index contributed by atoms with van der Waals surface area (Å²) in [5.41, 5.74) is 1.66. The second-order valence-corrected chi connectivity index (χ2v) is 6.76. The average molecular weight is 422 g/mol. The van der Waals surface area contributed by atoms with Crippen LogP contribution >= 0.6 is 35.4 Å². The number of halogens is 2. The minimum absolute atomic E-state index is 0.365. The van der Waals surface area contributed by atoms with Crippen molar-refractivity contribution in [1.29, 1.82) is 0 Å². The highest BCUT2D eigenvalue weighted by Gasteiger charge is 2.08. The van der Waals surface area contributed by atoms with E-state index in [2.05, 4.69) is 20.7 Å². The van der Waals surface area contributed by atoms with Crippen LogP contribution in [0.3, 0.4) is 0 Å². The van der Waals surface area contributed by atoms with Gasteiger partial charge in [-0.25, -0.2) is 9.67 Å². The maximum absolute atomic E-state index is 6.20. The molecule has 0 aliphatic rings. The Hall–Kier alpha value is -2.35. The third-order valence-electron chi connectivity index (χ3n) is 3.54. The molecular weight excluding hydrogens is 405 g/mol. The lowest BCUT2D eigenvalue weighted by Crippen LogP contribution is -2.20. The Morgan fingerprint density at radius 1 is 1.19 bits per heavy atom. The minimum atomic E-state index is 0.365. The van der Waals surface area contributed by atoms with Crippen molar-refractivity contribution in [2.45, 2.75) is 13.5 Å². The summed E-state index contributed by atoms with van der Waals surface area (Å²) in [5, 5.41) is 11.9. The standard InChI is InChI=1S/C18H17Cl2N5OS/c1-2-26-16-6-4-3-5-15(16)22-18(27)23-17-21-11-25(24-17)10-12-7-8-13(19)9-14(12)20/h3-9,11H,2,10H2,1H3,(H2,22,23,24,27). The van der Waals surface area contributed by atoms with E-state index >= 15 is 0 Å². The van der Waals surface area contributed by atoms with Gasteiger partial charge in [0.15, 0.2) is 5.11 Å². The normalized spacial score (nSPS) is 10.5. The topological polar surface area (TPSA) is 64.0 Å². The van der Waals surface area contributed by atoms with E-state index < -0.39 is 0 Å². The molecule has 0 unspecified atom stereocenters. The monoisotopic (exact) mass is 421 g/mol. The highest BCUT2D eigenvalue weighted by atomic mass is 35.5. The molecule has 2 aromatic carbocycles. The zero-order valence-electron chi connectivity index (χ0n) is 14.4. The van der Waals surface area contributed by atoms with E-state index in [4.69, 9.17) is 40.2 Å². The molecule has 2 N–H and O–H groups in total. The Kier molecular flexibility index (Phi) is 6.49. The molecule has 0 spiro atoms. The van der Waals surface area contributed by atoms with Gasteiger partial charge in [0.2, 0.25) is 5.95 Å². The van der Waals surface area contributed by atoms with Crippen LogP contribution in [0.1, 0.15) is 12.5 Å². The minimum Gasteiger partial charge on any atom is -0.492 e. The van der Waals surface area contributed by atoms with Crippen molar-refractivity contribution in [3.8, 4) is 5.75 Å². The number of aromatic nitrogens is 3. The van der Waals surface area contributed by atoms with Crippen LogP contribution in [0.2, 0.25) is 10.0 Å². The van der Waals surface area contributed by atoms with E-state index in [1.807, 2.05) is 37.3 Å². The molecule has 0 amide bonds. The predicted molar refractivity (Wildman–Crippen MR) is 113 cm³/mol. The van der Waals surface area contributed by atoms with Gasteiger partial charge in [-0.2, -0.15) is 0 Å². The van der Waals surface area contributed by atoms with Crippen LogP contribution in [0.15, 0.2) is 48.8 Å². The Labute approximate surface area is 172 Å². The highest BCUT2D eigenvalue weighted by molar-refractivity contribution is 7.80. The Morgan fingerprint density at radius 2 is 2.00 bits per heavy atom. The molecule has 6 nitrogen and oxygen atoms in total. The molecule has 9 heteroatoms. The Bertz CT molecular complexity index is 947. The summed E-state index contributed by atoms with van der Waals surface area (Å²) in [7, 11) is 0. The summed E-state index contributed by atoms with van der Waals surface area (Å²) in [6.45, 7) is 2.97. The fourth-order valence-electron chi connectivity index (χ4n) is 2.36. The number of nitrogens with one attached hydrogen (secondary N) is 2. The molecule has 1 heterocycles. The molecule has 0 fully saturated rings. The number of rotatable bonds is 6. The molecule has 0 radical (unpaired) electrons. The summed E-state index contributed by atoms with van der Waals surface area (Å²) in [5.74, 6) is 1.10. The second-order valence-electron chi connectivity index (χ2n) is 5.51. The van der Waals surface area contributed by atoms with Gasteiger partial charge in [-0.3, -0.25) is 5.32 Å². The SMILES string of the molecule is CCOc1ccccc1NC(=S)Nc1ncn(Cc2ccc(Cl)cc2Cl)n1. The zero-order chi connectivity index (χ0) is 19.2. The van der Waals surface area contributed by atoms with Crippen molar-refractivity contribution in [1.82, 2.24) is 14.8 Å². The van der Waals surface area contributed by atoms with Crippen LogP contribution in [-0.2, 0) is 6.54 Å². The van der Waals surface area contributed by atoms with Crippen molar-refractivity contribution in [2.24, 2.45) is 0 Å². The largest absolute Gasteiger partial charge is 0.492 e. The van der Waals surface area contributed by atoms with Gasteiger partial charge in [0, 0.05) is 10.0 Å². The molecule has 140 valence electrons. The van der Waals surface area contributed by atoms with Crippen molar-refractivity contribution in [2.75, 3.05) is 17.2 Å². The van der Waals surface area contributed by atoms with Crippen molar-refractivity contribution >= 4 is 52.2 Å². The van der Waals surface area contributed by atoms with Gasteiger partial charge in [-0.15, -0.1) is 5.10 Å². The first kappa shape index (κ1) is 19.4. The molecule has 3 rings (SSSR count). The van der Waals surface area contributed by atoms with Crippen LogP contribution in [0.4, 0.5) is 11.6 Å². The number of para-hydroxylation sites is 2. The summed E-state index contributed by atoms with van der Waals surface area (Å²) in [6.07, 6.45) is 1.60. The van der Waals surface area contributed by atoms with Crippen molar-refractivity contribution < 1.29 is 4.74 Å². The quantitative estimate of drug-likeness (QED) is 0.555. The molecule has 0 aliphatic carbocycles. The molecule has 1 aromatic heterocycles. The maximum atomic E-state index is 6.20. The van der Waals surface area contributed by atoms with Crippen molar-refractivity contribution in [3.05, 3.63) is 64.4 Å². The summed E-state index contributed by atoms with van der Waals surface area (Å²) < 4.78 is 7.23. The maximum Gasteiger partial charge on any atom is 0.248 e. The lowest BCUT2D eigenvalue weighted by Gasteiger charge is -2.12. The number of benzene rings is 2. The Balaban J connectivity index is 1.63. The number of nitrogens with zero attached hydrogens (tertiary/aromatic N) is 3. The first-order valence-corrected chi connectivity index (χ1v) is 9.34. The summed E-state index contributed by atoms with van der Waals surface area (Å²) in [6, 6.07) is 12.9. The Morgan fingerprint density at radius 3 is 2.78 bits per heavy atom. The molecule has 0 atom stereocenters. The lowest BCUT2D eigenvalue weighted by atomic mass is 10.2. The van der Waals surface area contributed by atoms with E-state index in [9.17, 15) is 0 Å². The molecule has 0 saturated heterocycles. The second kappa shape index (κ2) is 9.03. The summed E-state index contributed by atoms with van der Waals surface area (Å²) in [4.78, 5) is 4.21. The molecule has 27 heavy (non-hydrogen) atoms. The zero-order valence-corrected chi connectivity index (χ0v) is 16.8. The predicted octanol–water partition coefficient (Wildman–Crippen LogP) is 4.84. The van der Waals surface area contributed by atoms with Crippen LogP contribution < -0.4 is 15.4 Å². The van der Waals surface area contributed by atoms with E-state index in [0.717, 1.165) is 17.0 Å². The first-order chi connectivity index (χ1) is 13.0. The number of hydrogen-bond donors (Lipinski definition) is 2. The molecule has 0 saturated carbocycles. The number of hydrogen-bond acceptors (Lipinski definition) is 4. The molecule has 0 bridgehead atoms. The smallest absolute Gasteiger partial charge is 0.248 e. The van der Waals surface area contributed by atoms with Gasteiger partial charge >= 0.3 is 0 Å². The van der Waals surface area contributed by atoms with Crippen LogP contribution in [0.25, 0.3) is 0 Å². The van der Waals surface area contributed by atoms with E-state index in [-0.39, 0.29) is 0 Å². The average Bonchev–Trinajstić information content (AvgIpc) is 3.06. The third kappa shape index (κ3) is 5.32. The van der Waals surface area contributed by atoms with Crippen LogP contribution in [0, 0.1) is 0 Å². The highest BCUT2D eigenvalue weighted by Crippen LogP contribution is 2.24. The summed E-state index contributed by atoms with van der Waals surface area (Å²) >= 11 is 17.4. The van der Waals surface area contributed by atoms with E-state index in [1.165, 1.54) is 0 Å². The number of thiocarbonyl (C=S) groups is 1. The third-order valence-corrected chi connectivity index (χ3v) is 4.34. The van der Waals surface area contributed by atoms with E-state index in [0.29, 0.717) is 34.3 Å². The van der Waals surface area contributed by atoms with Gasteiger partial charge < -0.3 is 10.1 Å². The van der Waals surface area contributed by atoms with E-state index in [1.54, 1.807) is 23.1 Å². The molecule has 3 aromatic rings. The van der Waals surface area contributed by atoms with Gasteiger partial charge in [-0.1, -0.05) is 41.4 Å². The van der Waals surface area contributed by atoms with Crippen LogP contribution in [0.5, 0.6) is 5.75 Å². The van der Waals surface area contributed by atoms with Gasteiger partial charge in [0.05, 0.1) is 18.8 Å². The van der Waals surface area contributed by atoms with Gasteiger partial charge in [0.25, 0.3) is 0 Å². The molecule has 0 aliphatic heterocycles. The first-order valence-electron chi connectivity index (χ1n) is 8.18. The number of ether oxygens (including phenoxy) is 1. The van der Waals surface area contributed by atoms with Gasteiger partial charge in [-0.05, 0) is 49.0 Å². The number of anilines is 2. The molecular formula is C18H17Cl2N5OS. The van der Waals surface area contributed by atoms with Crippen LogP contribution in [-0.4, -0.2) is 26.5 Å². The fraction of sp³-hybridized carbons (Fsp3) is 0.167. The van der Waals surface area contributed by atoms with Gasteiger partial charge in [0.1, 0.15) is 12.1 Å². The fourth-order valence-corrected chi connectivity index (χ4v) is 3.03. The lowest BCUT2D eigenvalue weighted by molar-refractivity contribution is 0.342. The van der Waals surface area contributed by atoms with Crippen molar-refractivity contribution in [3.63, 3.8) is 0 Å².